The number of aromatic nitrogens is 9. The fourth-order valence-electron chi connectivity index (χ4n) is 18.9. The summed E-state index contributed by atoms with van der Waals surface area (Å²) >= 11 is 14.5. The van der Waals surface area contributed by atoms with Crippen LogP contribution >= 0.6 is 63.7 Å². The van der Waals surface area contributed by atoms with Gasteiger partial charge in [-0.1, -0.05) is 117 Å². The number of aryl methyl sites for hydroxylation is 4. The number of methoxy groups -OCH3 is 2. The molecule has 4 aliphatic carbocycles. The molecular formula is C101H114Br4N12O9. The van der Waals surface area contributed by atoms with Crippen molar-refractivity contribution in [2.24, 2.45) is 0 Å². The standard InChI is InChI=1S/C27H32BrN3O2.C27H35BrN2O3.C24H24BrN3O2.C23H23BrN4O2/c1-19(32)31-15-13-30(14-16-31)12-3-17-33-22-9-6-20(7-10-22)23-4-2-5-24-25-18-21(28)8-11-26(25)29-27(23)24;1-31-17-14-30(15-18-32-2)13-4-16-33-22-10-7-20(8-11-22)23-5-3-6-24-25-19-21(28)9-12-26(25)29-27(23)24;25-17-7-10-23-22(13-17)21-4-1-3-20(24(21)27-23)16-5-8-19(9-6-16)30-15-18(29)14-28-12-2-11-26-28;24-16-6-9-22-21(12-16)20-3-1-2-19(23(20)26-22)15-4-7-18(8-5-15)30-14-17(29)13-28-11-10-25-27-28/h6-11,18,23,29H,2-5,12-17H2,1H3;7-12,19,23,29H,3-6,13-18H2,1-2H3;2,5-13,18,20,27,29H,1,3-4,14-15H2;4-12,17,19,26,29H,1-3,13-14H2. The van der Waals surface area contributed by atoms with Gasteiger partial charge in [0.2, 0.25) is 5.91 Å². The van der Waals surface area contributed by atoms with Crippen LogP contribution in [0.2, 0.25) is 0 Å². The number of amides is 1. The predicted octanol–water partition coefficient (Wildman–Crippen LogP) is 20.6. The van der Waals surface area contributed by atoms with Crippen LogP contribution in [-0.4, -0.2) is 194 Å². The second kappa shape index (κ2) is 43.6. The molecule has 6 unspecified atom stereocenters. The number of fused-ring (bicyclic) bond motifs is 12. The van der Waals surface area contributed by atoms with Crippen LogP contribution in [0.5, 0.6) is 23.0 Å². The lowest BCUT2D eigenvalue weighted by atomic mass is 9.82. The number of aromatic amines is 4. The van der Waals surface area contributed by atoms with E-state index in [2.05, 4.69) is 254 Å². The Morgan fingerprint density at radius 1 is 0.444 bits per heavy atom. The first-order chi connectivity index (χ1) is 61.6. The van der Waals surface area contributed by atoms with E-state index >= 15 is 0 Å². The van der Waals surface area contributed by atoms with E-state index in [0.717, 1.165) is 164 Å². The Hall–Kier alpha value is -9.38. The van der Waals surface area contributed by atoms with E-state index < -0.39 is 12.2 Å². The maximum atomic E-state index is 11.4. The van der Waals surface area contributed by atoms with Crippen LogP contribution in [-0.2, 0) is 53.0 Å². The Morgan fingerprint density at radius 2 is 0.810 bits per heavy atom. The fraction of sp³-hybridized carbons (Fsp3) is 0.386. The second-order valence-corrected chi connectivity index (χ2v) is 37.4. The Kier molecular flexibility index (Phi) is 31.2. The monoisotopic (exact) mass is 1950 g/mol. The Morgan fingerprint density at radius 3 is 1.15 bits per heavy atom. The van der Waals surface area contributed by atoms with Crippen molar-refractivity contribution in [1.29, 1.82) is 0 Å². The van der Waals surface area contributed by atoms with Crippen molar-refractivity contribution in [3.05, 3.63) is 286 Å². The summed E-state index contributed by atoms with van der Waals surface area (Å²) in [5.74, 6) is 5.18. The second-order valence-electron chi connectivity index (χ2n) is 33.7. The number of ether oxygens (including phenoxy) is 6. The van der Waals surface area contributed by atoms with Gasteiger partial charge in [-0.05, 0) is 262 Å². The molecule has 1 aliphatic heterocycles. The van der Waals surface area contributed by atoms with E-state index in [1.807, 2.05) is 41.4 Å². The first-order valence-electron chi connectivity index (χ1n) is 44.6. The van der Waals surface area contributed by atoms with Gasteiger partial charge in [0, 0.05) is 200 Å². The van der Waals surface area contributed by atoms with Crippen LogP contribution in [0.1, 0.15) is 162 Å². The van der Waals surface area contributed by atoms with Gasteiger partial charge in [0.15, 0.2) is 0 Å². The number of halogens is 4. The van der Waals surface area contributed by atoms with Gasteiger partial charge in [-0.15, -0.1) is 5.10 Å². The molecule has 21 nitrogen and oxygen atoms in total. The first-order valence-corrected chi connectivity index (χ1v) is 47.8. The van der Waals surface area contributed by atoms with E-state index in [0.29, 0.717) is 43.4 Å². The molecule has 19 rings (SSSR count). The normalized spacial score (nSPS) is 17.2. The minimum atomic E-state index is -0.641. The predicted molar refractivity (Wildman–Crippen MR) is 513 cm³/mol. The molecule has 6 atom stereocenters. The summed E-state index contributed by atoms with van der Waals surface area (Å²) in [7, 11) is 3.49. The maximum absolute atomic E-state index is 11.4. The summed E-state index contributed by atoms with van der Waals surface area (Å²) in [6, 6.07) is 61.8. The van der Waals surface area contributed by atoms with Gasteiger partial charge in [-0.3, -0.25) is 19.3 Å². The van der Waals surface area contributed by atoms with Crippen LogP contribution < -0.4 is 18.9 Å². The molecule has 0 saturated carbocycles. The third-order valence-corrected chi connectivity index (χ3v) is 27.3. The van der Waals surface area contributed by atoms with Crippen molar-refractivity contribution in [3.8, 4) is 23.0 Å². The summed E-state index contributed by atoms with van der Waals surface area (Å²) in [5, 5.41) is 37.3. The van der Waals surface area contributed by atoms with Gasteiger partial charge in [-0.25, -0.2) is 4.68 Å². The molecule has 8 aromatic carbocycles. The highest BCUT2D eigenvalue weighted by Gasteiger charge is 2.31. The zero-order valence-electron chi connectivity index (χ0n) is 72.1. The Bertz CT molecular complexity index is 5640. The average molecular weight is 1960 g/mol. The molecule has 0 radical (unpaired) electrons. The molecular weight excluding hydrogens is 1840 g/mol. The number of nitrogens with one attached hydrogen (secondary N) is 4. The number of nitrogens with zero attached hydrogens (tertiary/aromatic N) is 8. The molecule has 0 spiro atoms. The van der Waals surface area contributed by atoms with E-state index in [1.165, 1.54) is 149 Å². The summed E-state index contributed by atoms with van der Waals surface area (Å²) in [6.07, 6.45) is 21.6. The van der Waals surface area contributed by atoms with Crippen LogP contribution in [0.3, 0.4) is 0 Å². The largest absolute Gasteiger partial charge is 0.494 e. The summed E-state index contributed by atoms with van der Waals surface area (Å²) < 4.78 is 41.9. The number of carbonyl (C=O) groups is 1. The fourth-order valence-corrected chi connectivity index (χ4v) is 20.4. The molecule has 660 valence electrons. The molecule has 6 N–H and O–H groups in total. The van der Waals surface area contributed by atoms with Crippen molar-refractivity contribution in [3.63, 3.8) is 0 Å². The third kappa shape index (κ3) is 22.8. The lowest BCUT2D eigenvalue weighted by Crippen LogP contribution is -2.48. The molecule has 14 aromatic rings. The van der Waals surface area contributed by atoms with Crippen LogP contribution in [0.25, 0.3) is 43.6 Å². The summed E-state index contributed by atoms with van der Waals surface area (Å²) in [5.41, 5.74) is 21.5. The van der Waals surface area contributed by atoms with E-state index in [-0.39, 0.29) is 19.1 Å². The van der Waals surface area contributed by atoms with E-state index in [9.17, 15) is 15.0 Å². The van der Waals surface area contributed by atoms with E-state index in [4.69, 9.17) is 28.4 Å². The molecule has 1 amide bonds. The van der Waals surface area contributed by atoms with Gasteiger partial charge in [-0.2, -0.15) is 5.10 Å². The minimum Gasteiger partial charge on any atom is -0.494 e. The average Bonchev–Trinajstić information content (AvgIpc) is 1.62. The Balaban J connectivity index is 0.000000124. The highest BCUT2D eigenvalue weighted by Crippen LogP contribution is 2.46. The number of aliphatic hydroxyl groups excluding tert-OH is 2. The van der Waals surface area contributed by atoms with E-state index in [1.54, 1.807) is 49.1 Å². The maximum Gasteiger partial charge on any atom is 0.219 e. The minimum absolute atomic E-state index is 0.184. The van der Waals surface area contributed by atoms with Gasteiger partial charge >= 0.3 is 0 Å². The number of rotatable bonds is 30. The van der Waals surface area contributed by atoms with Gasteiger partial charge < -0.3 is 63.5 Å². The number of piperazine rings is 1. The van der Waals surface area contributed by atoms with Gasteiger partial charge in [0.25, 0.3) is 0 Å². The lowest BCUT2D eigenvalue weighted by molar-refractivity contribution is -0.130. The van der Waals surface area contributed by atoms with Gasteiger partial charge in [0.05, 0.1) is 45.7 Å². The van der Waals surface area contributed by atoms with Crippen molar-refractivity contribution in [2.45, 2.75) is 146 Å². The molecule has 1 saturated heterocycles. The summed E-state index contributed by atoms with van der Waals surface area (Å²) in [6.45, 7) is 13.2. The zero-order valence-corrected chi connectivity index (χ0v) is 78.4. The van der Waals surface area contributed by atoms with Crippen LogP contribution in [0.15, 0.2) is 219 Å². The van der Waals surface area contributed by atoms with Crippen LogP contribution in [0, 0.1) is 0 Å². The number of aliphatic hydroxyl groups is 2. The molecule has 7 heterocycles. The van der Waals surface area contributed by atoms with Gasteiger partial charge in [0.1, 0.15) is 48.4 Å². The van der Waals surface area contributed by atoms with Crippen molar-refractivity contribution in [1.82, 2.24) is 59.4 Å². The number of H-pyrrole nitrogens is 4. The molecule has 126 heavy (non-hydrogen) atoms. The molecule has 5 aliphatic rings. The number of benzene rings is 8. The third-order valence-electron chi connectivity index (χ3n) is 25.3. The molecule has 1 fully saturated rings. The smallest absolute Gasteiger partial charge is 0.219 e. The topological polar surface area (TPSA) is 234 Å². The number of carbonyl (C=O) groups excluding carboxylic acids is 1. The SMILES string of the molecule is CC(=O)N1CCN(CCCOc2ccc(C3CCCc4c3[nH]c3ccc(Br)cc43)cc2)CC1.COCCN(CCCOc1ccc(C2CCCc3c2[nH]c2ccc(Br)cc32)cc1)CCOC.OC(COc1ccc(C2CCCc3c2[nH]c2ccc(Br)cc32)cc1)Cn1cccn1.OC(COc1ccc(C2CCCc3c2[nH]c2ccc(Br)cc32)cc1)Cn1ccnn1. The quantitative estimate of drug-likeness (QED) is 0.0230. The summed E-state index contributed by atoms with van der Waals surface area (Å²) in [4.78, 5) is 32.9. The van der Waals surface area contributed by atoms with Crippen molar-refractivity contribution >= 4 is 113 Å². The van der Waals surface area contributed by atoms with Crippen molar-refractivity contribution < 1.29 is 43.4 Å². The first kappa shape index (κ1) is 90.0. The number of hydrogen-bond donors (Lipinski definition) is 6. The highest BCUT2D eigenvalue weighted by atomic mass is 79.9. The Labute approximate surface area is 771 Å². The lowest BCUT2D eigenvalue weighted by Gasteiger charge is -2.34. The molecule has 0 bridgehead atoms. The number of hydrogen-bond acceptors (Lipinski definition) is 14. The molecule has 25 heteroatoms. The highest BCUT2D eigenvalue weighted by molar-refractivity contribution is 9.11. The van der Waals surface area contributed by atoms with Crippen molar-refractivity contribution in [2.75, 3.05) is 106 Å². The van der Waals surface area contributed by atoms with Crippen LogP contribution in [0.4, 0.5) is 0 Å². The zero-order chi connectivity index (χ0) is 86.8. The molecule has 6 aromatic heterocycles.